The minimum atomic E-state index is -0.478. The maximum absolute atomic E-state index is 14.0. The van der Waals surface area contributed by atoms with Crippen molar-refractivity contribution in [3.05, 3.63) is 99.4 Å². The molecule has 0 atom stereocenters. The van der Waals surface area contributed by atoms with Gasteiger partial charge in [0.15, 0.2) is 11.5 Å². The summed E-state index contributed by atoms with van der Waals surface area (Å²) in [7, 11) is 1.48. The van der Waals surface area contributed by atoms with Crippen LogP contribution in [0.5, 0.6) is 11.5 Å². The molecule has 0 amide bonds. The normalized spacial score (nSPS) is 10.9. The monoisotopic (exact) mass is 404 g/mol. The van der Waals surface area contributed by atoms with Crippen molar-refractivity contribution < 1.29 is 18.8 Å². The van der Waals surface area contributed by atoms with Crippen molar-refractivity contribution in [1.29, 1.82) is 5.26 Å². The molecule has 0 saturated carbocycles. The molecule has 3 rings (SSSR count). The van der Waals surface area contributed by atoms with Gasteiger partial charge in [0, 0.05) is 17.7 Å². The summed E-state index contributed by atoms with van der Waals surface area (Å²) in [5.41, 5.74) is 1.65. The molecule has 0 unspecified atom stereocenters. The fourth-order valence-electron chi connectivity index (χ4n) is 2.83. The predicted octanol–water partition coefficient (Wildman–Crippen LogP) is 5.39. The highest BCUT2D eigenvalue weighted by molar-refractivity contribution is 5.90. The minimum absolute atomic E-state index is 0.0132. The topological polar surface area (TPSA) is 85.4 Å². The number of benzene rings is 3. The fraction of sp³-hybridized carbons (Fsp3) is 0.0870. The molecule has 0 aliphatic heterocycles. The quantitative estimate of drug-likeness (QED) is 0.228. The molecule has 0 saturated heterocycles. The Labute approximate surface area is 172 Å². The number of nitro groups is 1. The number of methoxy groups -OCH3 is 1. The van der Waals surface area contributed by atoms with E-state index in [9.17, 15) is 19.8 Å². The number of nitro benzene ring substituents is 1. The second-order valence-corrected chi connectivity index (χ2v) is 6.28. The van der Waals surface area contributed by atoms with Gasteiger partial charge >= 0.3 is 0 Å². The fourth-order valence-corrected chi connectivity index (χ4v) is 2.83. The lowest BCUT2D eigenvalue weighted by Gasteiger charge is -2.12. The average Bonchev–Trinajstić information content (AvgIpc) is 2.77. The summed E-state index contributed by atoms with van der Waals surface area (Å²) < 4.78 is 25.1. The Kier molecular flexibility index (Phi) is 6.40. The first-order chi connectivity index (χ1) is 14.5. The number of ether oxygens (including phenoxy) is 2. The summed E-state index contributed by atoms with van der Waals surface area (Å²) in [6, 6.07) is 19.3. The lowest BCUT2D eigenvalue weighted by molar-refractivity contribution is -0.384. The first kappa shape index (κ1) is 20.6. The third-order valence-corrected chi connectivity index (χ3v) is 4.30. The number of nitrogens with zero attached hydrogens (tertiary/aromatic N) is 2. The number of rotatable bonds is 7. The molecule has 3 aromatic rings. The molecule has 0 aliphatic rings. The number of hydrogen-bond donors (Lipinski definition) is 0. The largest absolute Gasteiger partial charge is 0.493 e. The van der Waals surface area contributed by atoms with Gasteiger partial charge in [-0.25, -0.2) is 4.39 Å². The van der Waals surface area contributed by atoms with Crippen molar-refractivity contribution in [3.63, 3.8) is 0 Å². The Balaban J connectivity index is 1.83. The van der Waals surface area contributed by atoms with Crippen molar-refractivity contribution in [2.45, 2.75) is 6.61 Å². The van der Waals surface area contributed by atoms with Crippen LogP contribution < -0.4 is 9.47 Å². The van der Waals surface area contributed by atoms with Gasteiger partial charge in [-0.3, -0.25) is 10.1 Å². The molecule has 0 radical (unpaired) electrons. The van der Waals surface area contributed by atoms with Gasteiger partial charge in [-0.05, 0) is 35.4 Å². The minimum Gasteiger partial charge on any atom is -0.493 e. The third-order valence-electron chi connectivity index (χ3n) is 4.30. The Bertz CT molecular complexity index is 1150. The van der Waals surface area contributed by atoms with Crippen LogP contribution in [0, 0.1) is 27.3 Å². The number of non-ortho nitro benzene ring substituents is 1. The van der Waals surface area contributed by atoms with Crippen molar-refractivity contribution in [3.8, 4) is 17.6 Å². The molecule has 150 valence electrons. The summed E-state index contributed by atoms with van der Waals surface area (Å²) in [6.45, 7) is 0.117. The average molecular weight is 404 g/mol. The van der Waals surface area contributed by atoms with Crippen LogP contribution in [0.2, 0.25) is 0 Å². The molecule has 0 spiro atoms. The van der Waals surface area contributed by atoms with Gasteiger partial charge in [-0.2, -0.15) is 5.26 Å². The Morgan fingerprint density at radius 1 is 1.13 bits per heavy atom. The highest BCUT2D eigenvalue weighted by atomic mass is 19.1. The molecular weight excluding hydrogens is 387 g/mol. The molecule has 0 bridgehead atoms. The van der Waals surface area contributed by atoms with Gasteiger partial charge in [0.25, 0.3) is 5.69 Å². The first-order valence-corrected chi connectivity index (χ1v) is 8.92. The summed E-state index contributed by atoms with van der Waals surface area (Å²) in [5.74, 6) is 0.375. The highest BCUT2D eigenvalue weighted by Gasteiger charge is 2.11. The molecule has 6 nitrogen and oxygen atoms in total. The van der Waals surface area contributed by atoms with Crippen molar-refractivity contribution in [1.82, 2.24) is 0 Å². The molecule has 0 N–H and O–H groups in total. The van der Waals surface area contributed by atoms with Crippen LogP contribution in [-0.2, 0) is 6.61 Å². The maximum atomic E-state index is 14.0. The van der Waals surface area contributed by atoms with Crippen molar-refractivity contribution >= 4 is 17.3 Å². The molecular formula is C23H17FN2O4. The van der Waals surface area contributed by atoms with Gasteiger partial charge in [-0.1, -0.05) is 36.4 Å². The smallest absolute Gasteiger partial charge is 0.269 e. The van der Waals surface area contributed by atoms with E-state index in [0.717, 1.165) is 0 Å². The van der Waals surface area contributed by atoms with E-state index in [4.69, 9.17) is 9.47 Å². The van der Waals surface area contributed by atoms with Crippen molar-refractivity contribution in [2.75, 3.05) is 7.11 Å². The van der Waals surface area contributed by atoms with Gasteiger partial charge in [0.05, 0.1) is 23.7 Å². The van der Waals surface area contributed by atoms with E-state index in [1.54, 1.807) is 48.5 Å². The van der Waals surface area contributed by atoms with E-state index < -0.39 is 10.7 Å². The molecule has 0 aliphatic carbocycles. The lowest BCUT2D eigenvalue weighted by Crippen LogP contribution is -1.99. The standard InChI is InChI=1S/C23H17FN2O4/c1-29-23-13-16(11-18(14-25)20-7-2-3-8-21(20)24)9-10-22(23)30-15-17-5-4-6-19(12-17)26(27)28/h2-13H,15H2,1H3/b18-11-. The molecule has 30 heavy (non-hydrogen) atoms. The summed E-state index contributed by atoms with van der Waals surface area (Å²) in [4.78, 5) is 10.4. The lowest BCUT2D eigenvalue weighted by atomic mass is 10.0. The zero-order chi connectivity index (χ0) is 21.5. The molecule has 0 heterocycles. The second kappa shape index (κ2) is 9.34. The van der Waals surface area contributed by atoms with E-state index in [2.05, 4.69) is 0 Å². The van der Waals surface area contributed by atoms with E-state index >= 15 is 0 Å². The van der Waals surface area contributed by atoms with Crippen LogP contribution in [0.1, 0.15) is 16.7 Å². The van der Waals surface area contributed by atoms with Gasteiger partial charge in [0.1, 0.15) is 12.4 Å². The summed E-state index contributed by atoms with van der Waals surface area (Å²) in [5, 5.41) is 20.3. The van der Waals surface area contributed by atoms with Crippen LogP contribution in [0.4, 0.5) is 10.1 Å². The summed E-state index contributed by atoms with van der Waals surface area (Å²) >= 11 is 0. The molecule has 0 fully saturated rings. The zero-order valence-electron chi connectivity index (χ0n) is 16.0. The van der Waals surface area contributed by atoms with E-state index in [-0.39, 0.29) is 23.4 Å². The highest BCUT2D eigenvalue weighted by Crippen LogP contribution is 2.31. The van der Waals surface area contributed by atoms with Gasteiger partial charge in [0.2, 0.25) is 0 Å². The zero-order valence-corrected chi connectivity index (χ0v) is 16.0. The van der Waals surface area contributed by atoms with E-state index in [1.807, 2.05) is 6.07 Å². The summed E-state index contributed by atoms with van der Waals surface area (Å²) in [6.07, 6.45) is 1.56. The number of allylic oxidation sites excluding steroid dienone is 1. The van der Waals surface area contributed by atoms with E-state index in [1.165, 1.54) is 31.4 Å². The number of hydrogen-bond acceptors (Lipinski definition) is 5. The predicted molar refractivity (Wildman–Crippen MR) is 110 cm³/mol. The first-order valence-electron chi connectivity index (χ1n) is 8.92. The molecule has 7 heteroatoms. The maximum Gasteiger partial charge on any atom is 0.269 e. The van der Waals surface area contributed by atoms with Crippen molar-refractivity contribution in [2.24, 2.45) is 0 Å². The third kappa shape index (κ3) is 4.80. The van der Waals surface area contributed by atoms with Crippen LogP contribution in [0.15, 0.2) is 66.7 Å². The Hall–Kier alpha value is -4.18. The van der Waals surface area contributed by atoms with Crippen LogP contribution in [0.25, 0.3) is 11.6 Å². The molecule has 0 aromatic heterocycles. The Morgan fingerprint density at radius 3 is 2.63 bits per heavy atom. The van der Waals surface area contributed by atoms with Crippen LogP contribution >= 0.6 is 0 Å². The molecule has 3 aromatic carbocycles. The second-order valence-electron chi connectivity index (χ2n) is 6.28. The van der Waals surface area contributed by atoms with E-state index in [0.29, 0.717) is 22.6 Å². The number of halogens is 1. The SMILES string of the molecule is COc1cc(/C=C(/C#N)c2ccccc2F)ccc1OCc1cccc([N+](=O)[O-])c1. The van der Waals surface area contributed by atoms with Crippen LogP contribution in [0.3, 0.4) is 0 Å². The van der Waals surface area contributed by atoms with Gasteiger partial charge in [-0.15, -0.1) is 0 Å². The Morgan fingerprint density at radius 2 is 1.93 bits per heavy atom. The number of nitriles is 1. The van der Waals surface area contributed by atoms with Gasteiger partial charge < -0.3 is 9.47 Å². The van der Waals surface area contributed by atoms with Crippen LogP contribution in [-0.4, -0.2) is 12.0 Å².